The van der Waals surface area contributed by atoms with Gasteiger partial charge in [-0.2, -0.15) is 0 Å². The Kier molecular flexibility index (Phi) is 6.44. The molecule has 188 valence electrons. The van der Waals surface area contributed by atoms with Crippen LogP contribution in [0.15, 0.2) is 23.8 Å². The van der Waals surface area contributed by atoms with E-state index in [9.17, 15) is 24.6 Å². The number of hydrogen-bond donors (Lipinski definition) is 2. The van der Waals surface area contributed by atoms with Crippen LogP contribution in [0.3, 0.4) is 0 Å². The van der Waals surface area contributed by atoms with Crippen molar-refractivity contribution in [1.82, 2.24) is 0 Å². The summed E-state index contributed by atoms with van der Waals surface area (Å²) in [6.45, 7) is 7.07. The van der Waals surface area contributed by atoms with Crippen molar-refractivity contribution in [2.75, 3.05) is 6.61 Å². The fourth-order valence-electron chi connectivity index (χ4n) is 8.07. The standard InChI is InChI=1S/C27H37ClO6/c1-5-6-7-23(33)34-27(22(32)15-29)16(2)12-20-19-9-8-17-13-18(30)10-11-24(17,3)26(19,28)21(31)14-25(20,27)4/h10-11,13,16,19-21,29,31H,5-9,12,14-15H2,1-4H3/t16-,19-,20-,21+,24-,25-,26-,27-/m0/s1. The number of hydrogen-bond acceptors (Lipinski definition) is 6. The number of ether oxygens (including phenoxy) is 1. The van der Waals surface area contributed by atoms with Crippen LogP contribution in [0.4, 0.5) is 0 Å². The number of aliphatic hydroxyl groups excluding tert-OH is 2. The molecule has 0 heterocycles. The first-order valence-electron chi connectivity index (χ1n) is 12.6. The minimum Gasteiger partial charge on any atom is -0.450 e. The highest BCUT2D eigenvalue weighted by Gasteiger charge is 2.76. The van der Waals surface area contributed by atoms with Crippen molar-refractivity contribution in [2.24, 2.45) is 28.6 Å². The molecule has 0 aromatic heterocycles. The second kappa shape index (κ2) is 8.56. The zero-order chi connectivity index (χ0) is 25.1. The molecule has 4 aliphatic rings. The zero-order valence-electron chi connectivity index (χ0n) is 20.6. The molecule has 0 radical (unpaired) electrons. The van der Waals surface area contributed by atoms with Crippen molar-refractivity contribution in [3.63, 3.8) is 0 Å². The number of unbranched alkanes of at least 4 members (excludes halogenated alkanes) is 1. The molecule has 0 unspecified atom stereocenters. The minimum absolute atomic E-state index is 0.0673. The molecule has 2 N–H and O–H groups in total. The molecule has 0 spiro atoms. The highest BCUT2D eigenvalue weighted by atomic mass is 35.5. The van der Waals surface area contributed by atoms with Crippen LogP contribution >= 0.6 is 11.6 Å². The topological polar surface area (TPSA) is 101 Å². The van der Waals surface area contributed by atoms with Gasteiger partial charge in [0.05, 0.1) is 11.0 Å². The van der Waals surface area contributed by atoms with Gasteiger partial charge in [0, 0.05) is 23.2 Å². The molecule has 0 aromatic rings. The van der Waals surface area contributed by atoms with Gasteiger partial charge in [0.25, 0.3) is 0 Å². The van der Waals surface area contributed by atoms with Crippen LogP contribution in [-0.4, -0.2) is 50.9 Å². The maximum Gasteiger partial charge on any atom is 0.306 e. The number of allylic oxidation sites excluding steroid dienone is 4. The molecule has 0 amide bonds. The second-order valence-corrected chi connectivity index (χ2v) is 11.9. The van der Waals surface area contributed by atoms with Crippen LogP contribution < -0.4 is 0 Å². The monoisotopic (exact) mass is 492 g/mol. The van der Waals surface area contributed by atoms with Crippen molar-refractivity contribution in [3.8, 4) is 0 Å². The van der Waals surface area contributed by atoms with E-state index in [0.717, 1.165) is 12.0 Å². The molecule has 7 heteroatoms. The maximum absolute atomic E-state index is 13.4. The summed E-state index contributed by atoms with van der Waals surface area (Å²) in [6, 6.07) is 0. The van der Waals surface area contributed by atoms with Gasteiger partial charge in [0.15, 0.2) is 11.4 Å². The normalized spacial score (nSPS) is 45.1. The molecule has 0 saturated heterocycles. The predicted octanol–water partition coefficient (Wildman–Crippen LogP) is 3.91. The van der Waals surface area contributed by atoms with Gasteiger partial charge < -0.3 is 14.9 Å². The van der Waals surface area contributed by atoms with Gasteiger partial charge in [-0.3, -0.25) is 14.4 Å². The van der Waals surface area contributed by atoms with Crippen LogP contribution in [0.5, 0.6) is 0 Å². The molecule has 0 bridgehead atoms. The SMILES string of the molecule is CCCCC(=O)O[C@]1(C(=O)CO)[C@@H](C)C[C@H]2[C@@H]3CCC4=CC(=O)C=C[C@]4(C)[C@@]3(Cl)[C@H](O)C[C@@]21C. The smallest absolute Gasteiger partial charge is 0.306 e. The fourth-order valence-corrected chi connectivity index (χ4v) is 8.59. The van der Waals surface area contributed by atoms with E-state index in [2.05, 4.69) is 0 Å². The van der Waals surface area contributed by atoms with Gasteiger partial charge in [0.1, 0.15) is 6.61 Å². The molecular formula is C27H37ClO6. The number of ketones is 2. The fraction of sp³-hybridized carbons (Fsp3) is 0.741. The Labute approximate surface area is 206 Å². The van der Waals surface area contributed by atoms with Crippen molar-refractivity contribution >= 4 is 29.1 Å². The highest BCUT2D eigenvalue weighted by Crippen LogP contribution is 2.72. The van der Waals surface area contributed by atoms with Gasteiger partial charge in [-0.25, -0.2) is 0 Å². The third-order valence-corrected chi connectivity index (χ3v) is 10.7. The number of rotatable bonds is 6. The third-order valence-electron chi connectivity index (χ3n) is 9.75. The Balaban J connectivity index is 1.80. The molecule has 0 aromatic carbocycles. The van der Waals surface area contributed by atoms with Crippen molar-refractivity contribution < 1.29 is 29.3 Å². The molecule has 0 aliphatic heterocycles. The molecule has 3 saturated carbocycles. The Morgan fingerprint density at radius 3 is 2.62 bits per heavy atom. The Bertz CT molecular complexity index is 957. The van der Waals surface area contributed by atoms with Crippen LogP contribution in [0, 0.1) is 28.6 Å². The first kappa shape index (κ1) is 25.6. The summed E-state index contributed by atoms with van der Waals surface area (Å²) in [5.74, 6) is -1.59. The second-order valence-electron chi connectivity index (χ2n) is 11.3. The van der Waals surface area contributed by atoms with Gasteiger partial charge in [-0.15, -0.1) is 11.6 Å². The zero-order valence-corrected chi connectivity index (χ0v) is 21.4. The van der Waals surface area contributed by atoms with E-state index >= 15 is 0 Å². The van der Waals surface area contributed by atoms with E-state index in [1.807, 2.05) is 33.8 Å². The number of fused-ring (bicyclic) bond motifs is 5. The number of esters is 1. The van der Waals surface area contributed by atoms with Gasteiger partial charge in [-0.05, 0) is 56.1 Å². The van der Waals surface area contributed by atoms with Crippen molar-refractivity contribution in [2.45, 2.75) is 89.2 Å². The Hall–Kier alpha value is -1.50. The summed E-state index contributed by atoms with van der Waals surface area (Å²) in [5, 5.41) is 21.7. The van der Waals surface area contributed by atoms with E-state index in [-0.39, 0.29) is 36.4 Å². The Morgan fingerprint density at radius 1 is 1.26 bits per heavy atom. The lowest BCUT2D eigenvalue weighted by molar-refractivity contribution is -0.203. The minimum atomic E-state index is -1.51. The van der Waals surface area contributed by atoms with Crippen molar-refractivity contribution in [3.05, 3.63) is 23.8 Å². The number of carbonyl (C=O) groups excluding carboxylic acids is 3. The lowest BCUT2D eigenvalue weighted by Gasteiger charge is -2.64. The summed E-state index contributed by atoms with van der Waals surface area (Å²) in [5.41, 5.74) is -2.14. The van der Waals surface area contributed by atoms with Crippen LogP contribution in [0.2, 0.25) is 0 Å². The van der Waals surface area contributed by atoms with Crippen LogP contribution in [0.1, 0.15) is 72.6 Å². The van der Waals surface area contributed by atoms with E-state index in [0.29, 0.717) is 25.7 Å². The molecule has 6 nitrogen and oxygen atoms in total. The average molecular weight is 493 g/mol. The number of Topliss-reactive ketones (excluding diaryl/α,β-unsaturated/α-hetero) is 1. The first-order valence-corrected chi connectivity index (χ1v) is 13.0. The summed E-state index contributed by atoms with van der Waals surface area (Å²) in [4.78, 5) is 37.3. The molecule has 8 atom stereocenters. The Morgan fingerprint density at radius 2 is 1.97 bits per heavy atom. The number of aliphatic hydroxyl groups is 2. The number of halogens is 1. The highest BCUT2D eigenvalue weighted by molar-refractivity contribution is 6.26. The van der Waals surface area contributed by atoms with Crippen LogP contribution in [-0.2, 0) is 19.1 Å². The predicted molar refractivity (Wildman–Crippen MR) is 128 cm³/mol. The lowest BCUT2D eigenvalue weighted by Crippen LogP contribution is -2.69. The summed E-state index contributed by atoms with van der Waals surface area (Å²) in [6.07, 6.45) is 7.82. The van der Waals surface area contributed by atoms with E-state index < -0.39 is 45.8 Å². The number of alkyl halides is 1. The average Bonchev–Trinajstić information content (AvgIpc) is 3.00. The third kappa shape index (κ3) is 3.17. The maximum atomic E-state index is 13.4. The quantitative estimate of drug-likeness (QED) is 0.430. The summed E-state index contributed by atoms with van der Waals surface area (Å²) < 4.78 is 6.07. The number of carbonyl (C=O) groups is 3. The van der Waals surface area contributed by atoms with E-state index in [1.54, 1.807) is 6.08 Å². The molecule has 3 fully saturated rings. The van der Waals surface area contributed by atoms with Crippen molar-refractivity contribution in [1.29, 1.82) is 0 Å². The van der Waals surface area contributed by atoms with E-state index in [4.69, 9.17) is 16.3 Å². The van der Waals surface area contributed by atoms with E-state index in [1.165, 1.54) is 6.08 Å². The van der Waals surface area contributed by atoms with Gasteiger partial charge in [-0.1, -0.05) is 45.8 Å². The first-order chi connectivity index (χ1) is 15.9. The summed E-state index contributed by atoms with van der Waals surface area (Å²) >= 11 is 7.45. The largest absolute Gasteiger partial charge is 0.450 e. The van der Waals surface area contributed by atoms with Gasteiger partial charge >= 0.3 is 5.97 Å². The lowest BCUT2D eigenvalue weighted by atomic mass is 9.45. The summed E-state index contributed by atoms with van der Waals surface area (Å²) in [7, 11) is 0. The molecule has 4 aliphatic carbocycles. The van der Waals surface area contributed by atoms with Crippen LogP contribution in [0.25, 0.3) is 0 Å². The molecule has 4 rings (SSSR count). The molecule has 34 heavy (non-hydrogen) atoms. The van der Waals surface area contributed by atoms with Gasteiger partial charge in [0.2, 0.25) is 5.78 Å². The molecular weight excluding hydrogens is 456 g/mol.